The molecule has 0 atom stereocenters. The summed E-state index contributed by atoms with van der Waals surface area (Å²) in [5.74, 6) is 0.857. The van der Waals surface area contributed by atoms with E-state index in [2.05, 4.69) is 24.0 Å². The molecular formula is C31H32N2O4. The summed E-state index contributed by atoms with van der Waals surface area (Å²) in [7, 11) is 0. The molecule has 1 saturated heterocycles. The van der Waals surface area contributed by atoms with Crippen LogP contribution in [0.5, 0.6) is 11.5 Å². The Balaban J connectivity index is 1.61. The molecule has 3 aromatic rings. The van der Waals surface area contributed by atoms with Gasteiger partial charge >= 0.3 is 6.03 Å². The summed E-state index contributed by atoms with van der Waals surface area (Å²) in [4.78, 5) is 26.9. The van der Waals surface area contributed by atoms with Gasteiger partial charge < -0.3 is 14.8 Å². The first-order valence-corrected chi connectivity index (χ1v) is 12.4. The maximum absolute atomic E-state index is 13.1. The minimum absolute atomic E-state index is 0.210. The van der Waals surface area contributed by atoms with E-state index >= 15 is 0 Å². The van der Waals surface area contributed by atoms with Gasteiger partial charge in [-0.25, -0.2) is 4.79 Å². The average molecular weight is 497 g/mol. The molecule has 0 aromatic heterocycles. The molecule has 6 heteroatoms. The largest absolute Gasteiger partial charge is 0.490 e. The zero-order valence-electron chi connectivity index (χ0n) is 21.5. The van der Waals surface area contributed by atoms with Crippen LogP contribution in [0.3, 0.4) is 0 Å². The van der Waals surface area contributed by atoms with Gasteiger partial charge in [-0.1, -0.05) is 65.7 Å². The number of amides is 3. The Kier molecular flexibility index (Phi) is 8.08. The number of hydrogen-bond acceptors (Lipinski definition) is 4. The molecule has 3 aromatic carbocycles. The van der Waals surface area contributed by atoms with E-state index in [1.54, 1.807) is 12.2 Å². The predicted molar refractivity (Wildman–Crippen MR) is 145 cm³/mol. The van der Waals surface area contributed by atoms with Crippen LogP contribution in [0, 0.1) is 13.8 Å². The summed E-state index contributed by atoms with van der Waals surface area (Å²) in [5, 5.41) is 2.71. The molecule has 4 rings (SSSR count). The van der Waals surface area contributed by atoms with Gasteiger partial charge in [-0.15, -0.1) is 6.58 Å². The Morgan fingerprint density at radius 1 is 0.946 bits per heavy atom. The number of carbonyl (C=O) groups is 2. The van der Waals surface area contributed by atoms with Gasteiger partial charge in [0.2, 0.25) is 0 Å². The molecule has 0 spiro atoms. The van der Waals surface area contributed by atoms with Crippen molar-refractivity contribution < 1.29 is 19.1 Å². The van der Waals surface area contributed by atoms with Crippen LogP contribution in [-0.4, -0.2) is 23.4 Å². The van der Waals surface area contributed by atoms with Gasteiger partial charge in [-0.05, 0) is 62.1 Å². The second kappa shape index (κ2) is 11.6. The van der Waals surface area contributed by atoms with Crippen LogP contribution in [0.1, 0.15) is 40.3 Å². The quantitative estimate of drug-likeness (QED) is 0.209. The molecule has 0 bridgehead atoms. The van der Waals surface area contributed by atoms with Crippen LogP contribution in [0.25, 0.3) is 6.08 Å². The number of allylic oxidation sites excluding steroid dienone is 1. The fourth-order valence-corrected chi connectivity index (χ4v) is 4.22. The summed E-state index contributed by atoms with van der Waals surface area (Å²) in [6.45, 7) is 10.9. The fraction of sp³-hybridized carbons (Fsp3) is 0.226. The van der Waals surface area contributed by atoms with Crippen LogP contribution in [0.2, 0.25) is 0 Å². The Hall–Kier alpha value is -4.32. The van der Waals surface area contributed by atoms with E-state index in [9.17, 15) is 9.59 Å². The summed E-state index contributed by atoms with van der Waals surface area (Å²) in [6.07, 6.45) is 4.03. The van der Waals surface area contributed by atoms with E-state index in [1.165, 1.54) is 10.5 Å². The normalized spacial score (nSPS) is 14.1. The Morgan fingerprint density at radius 3 is 2.43 bits per heavy atom. The van der Waals surface area contributed by atoms with Gasteiger partial charge in [0.15, 0.2) is 11.5 Å². The van der Waals surface area contributed by atoms with Gasteiger partial charge in [0, 0.05) is 5.56 Å². The number of rotatable bonds is 10. The lowest BCUT2D eigenvalue weighted by atomic mass is 10.0. The third-order valence-electron chi connectivity index (χ3n) is 6.02. The highest BCUT2D eigenvalue weighted by atomic mass is 16.5. The topological polar surface area (TPSA) is 67.9 Å². The van der Waals surface area contributed by atoms with Crippen molar-refractivity contribution in [2.45, 2.75) is 40.3 Å². The molecule has 0 unspecified atom stereocenters. The SMILES string of the molecule is C=CCc1cc(/C=C2/NC(=O)N(Cc3cccc(C)c3)C2=O)cc(OCC)c1OCc1ccc(C)cc1. The monoisotopic (exact) mass is 496 g/mol. The van der Waals surface area contributed by atoms with Crippen molar-refractivity contribution in [3.63, 3.8) is 0 Å². The highest BCUT2D eigenvalue weighted by Gasteiger charge is 2.33. The summed E-state index contributed by atoms with van der Waals surface area (Å²) >= 11 is 0. The first-order chi connectivity index (χ1) is 17.9. The van der Waals surface area contributed by atoms with Crippen molar-refractivity contribution in [3.05, 3.63) is 112 Å². The second-order valence-electron chi connectivity index (χ2n) is 9.08. The fourth-order valence-electron chi connectivity index (χ4n) is 4.22. The number of nitrogens with zero attached hydrogens (tertiary/aromatic N) is 1. The summed E-state index contributed by atoms with van der Waals surface area (Å²) in [5.41, 5.74) is 6.04. The molecule has 0 saturated carbocycles. The molecule has 190 valence electrons. The number of ether oxygens (including phenoxy) is 2. The number of urea groups is 1. The molecule has 0 aliphatic carbocycles. The van der Waals surface area contributed by atoms with Crippen molar-refractivity contribution in [1.82, 2.24) is 10.2 Å². The summed E-state index contributed by atoms with van der Waals surface area (Å²) < 4.78 is 12.1. The molecule has 37 heavy (non-hydrogen) atoms. The van der Waals surface area contributed by atoms with Crippen molar-refractivity contribution in [2.24, 2.45) is 0 Å². The lowest BCUT2D eigenvalue weighted by Gasteiger charge is -2.17. The van der Waals surface area contributed by atoms with Gasteiger partial charge in [0.05, 0.1) is 13.2 Å². The van der Waals surface area contributed by atoms with E-state index in [0.717, 1.165) is 27.8 Å². The average Bonchev–Trinajstić information content (AvgIpc) is 3.12. The van der Waals surface area contributed by atoms with E-state index in [1.807, 2.05) is 69.3 Å². The van der Waals surface area contributed by atoms with Crippen LogP contribution >= 0.6 is 0 Å². The van der Waals surface area contributed by atoms with Crippen molar-refractivity contribution in [1.29, 1.82) is 0 Å². The molecule has 1 aliphatic rings. The Bertz CT molecular complexity index is 1340. The highest BCUT2D eigenvalue weighted by molar-refractivity contribution is 6.13. The number of imide groups is 1. The van der Waals surface area contributed by atoms with E-state index < -0.39 is 6.03 Å². The van der Waals surface area contributed by atoms with Gasteiger partial charge in [-0.2, -0.15) is 0 Å². The second-order valence-corrected chi connectivity index (χ2v) is 9.08. The minimum Gasteiger partial charge on any atom is -0.490 e. The maximum Gasteiger partial charge on any atom is 0.329 e. The smallest absolute Gasteiger partial charge is 0.329 e. The molecular weight excluding hydrogens is 464 g/mol. The predicted octanol–water partition coefficient (Wildman–Crippen LogP) is 6.10. The van der Waals surface area contributed by atoms with Crippen molar-refractivity contribution in [3.8, 4) is 11.5 Å². The Labute approximate surface area is 218 Å². The molecule has 0 radical (unpaired) electrons. The summed E-state index contributed by atoms with van der Waals surface area (Å²) in [6, 6.07) is 19.3. The van der Waals surface area contributed by atoms with Gasteiger partial charge in [0.25, 0.3) is 5.91 Å². The molecule has 6 nitrogen and oxygen atoms in total. The third-order valence-corrected chi connectivity index (χ3v) is 6.02. The molecule has 1 aliphatic heterocycles. The number of hydrogen-bond donors (Lipinski definition) is 1. The lowest BCUT2D eigenvalue weighted by molar-refractivity contribution is -0.123. The van der Waals surface area contributed by atoms with Gasteiger partial charge in [0.1, 0.15) is 12.3 Å². The minimum atomic E-state index is -0.438. The standard InChI is InChI=1S/C31H32N2O4/c1-5-8-26-16-25(18-28(36-6-2)29(26)37-20-23-13-11-21(3)12-14-23)17-27-30(34)33(31(35)32-27)19-24-10-7-9-22(4)15-24/h5,7,9-18H,1,6,8,19-20H2,2-4H3,(H,32,35)/b27-17+. The van der Waals surface area contributed by atoms with Crippen LogP contribution in [0.15, 0.2) is 79.0 Å². The number of carbonyl (C=O) groups excluding carboxylic acids is 2. The highest BCUT2D eigenvalue weighted by Crippen LogP contribution is 2.35. The van der Waals surface area contributed by atoms with Gasteiger partial charge in [-0.3, -0.25) is 9.69 Å². The number of benzene rings is 3. The van der Waals surface area contributed by atoms with E-state index in [-0.39, 0.29) is 18.1 Å². The van der Waals surface area contributed by atoms with E-state index in [0.29, 0.717) is 31.1 Å². The zero-order valence-corrected chi connectivity index (χ0v) is 21.5. The molecule has 1 heterocycles. The number of aryl methyl sites for hydroxylation is 2. The van der Waals surface area contributed by atoms with Crippen LogP contribution in [0.4, 0.5) is 4.79 Å². The lowest BCUT2D eigenvalue weighted by Crippen LogP contribution is -2.30. The molecule has 3 amide bonds. The van der Waals surface area contributed by atoms with Crippen molar-refractivity contribution >= 4 is 18.0 Å². The molecule has 1 N–H and O–H groups in total. The van der Waals surface area contributed by atoms with E-state index in [4.69, 9.17) is 9.47 Å². The first-order valence-electron chi connectivity index (χ1n) is 12.4. The third kappa shape index (κ3) is 6.28. The first kappa shape index (κ1) is 25.8. The maximum atomic E-state index is 13.1. The molecule has 1 fully saturated rings. The Morgan fingerprint density at radius 2 is 1.73 bits per heavy atom. The number of nitrogens with one attached hydrogen (secondary N) is 1. The van der Waals surface area contributed by atoms with Crippen LogP contribution < -0.4 is 14.8 Å². The zero-order chi connectivity index (χ0) is 26.4. The van der Waals surface area contributed by atoms with Crippen molar-refractivity contribution in [2.75, 3.05) is 6.61 Å². The van der Waals surface area contributed by atoms with Crippen LogP contribution in [-0.2, 0) is 24.4 Å².